The molecule has 1 aliphatic heterocycles. The first-order chi connectivity index (χ1) is 6.22. The van der Waals surface area contributed by atoms with Gasteiger partial charge < -0.3 is 4.90 Å². The SMILES string of the molecule is CC(C(=O)N1CC(C#N)C1)C1CC1. The fourth-order valence-electron chi connectivity index (χ4n) is 1.83. The van der Waals surface area contributed by atoms with Gasteiger partial charge in [0.25, 0.3) is 0 Å². The Balaban J connectivity index is 1.82. The molecule has 2 fully saturated rings. The van der Waals surface area contributed by atoms with Gasteiger partial charge in [-0.1, -0.05) is 6.92 Å². The maximum Gasteiger partial charge on any atom is 0.225 e. The van der Waals surface area contributed by atoms with Gasteiger partial charge in [-0.05, 0) is 18.8 Å². The van der Waals surface area contributed by atoms with E-state index in [1.807, 2.05) is 11.8 Å². The summed E-state index contributed by atoms with van der Waals surface area (Å²) in [4.78, 5) is 13.5. The summed E-state index contributed by atoms with van der Waals surface area (Å²) in [5.41, 5.74) is 0. The summed E-state index contributed by atoms with van der Waals surface area (Å²) < 4.78 is 0. The third-order valence-corrected chi connectivity index (χ3v) is 3.09. The number of nitriles is 1. The van der Waals surface area contributed by atoms with E-state index in [9.17, 15) is 4.79 Å². The minimum atomic E-state index is 0.0929. The van der Waals surface area contributed by atoms with Crippen molar-refractivity contribution < 1.29 is 4.79 Å². The monoisotopic (exact) mass is 178 g/mol. The molecule has 1 saturated heterocycles. The van der Waals surface area contributed by atoms with Crippen LogP contribution in [0.3, 0.4) is 0 Å². The molecule has 1 amide bonds. The van der Waals surface area contributed by atoms with Crippen LogP contribution in [0.25, 0.3) is 0 Å². The summed E-state index contributed by atoms with van der Waals surface area (Å²) in [5, 5.41) is 8.56. The minimum absolute atomic E-state index is 0.0929. The van der Waals surface area contributed by atoms with Gasteiger partial charge in [-0.15, -0.1) is 0 Å². The van der Waals surface area contributed by atoms with Crippen molar-refractivity contribution >= 4 is 5.91 Å². The van der Waals surface area contributed by atoms with Crippen LogP contribution in [0.2, 0.25) is 0 Å². The van der Waals surface area contributed by atoms with Crippen LogP contribution < -0.4 is 0 Å². The molecular weight excluding hydrogens is 164 g/mol. The second-order valence-electron chi connectivity index (χ2n) is 4.20. The zero-order valence-corrected chi connectivity index (χ0v) is 7.86. The maximum absolute atomic E-state index is 11.7. The topological polar surface area (TPSA) is 44.1 Å². The first kappa shape index (κ1) is 8.55. The third-order valence-electron chi connectivity index (χ3n) is 3.09. The van der Waals surface area contributed by atoms with E-state index in [0.717, 1.165) is 0 Å². The average Bonchev–Trinajstić information content (AvgIpc) is 2.83. The van der Waals surface area contributed by atoms with Crippen molar-refractivity contribution in [3.05, 3.63) is 0 Å². The Kier molecular flexibility index (Phi) is 1.99. The molecule has 2 rings (SSSR count). The highest BCUT2D eigenvalue weighted by Gasteiger charge is 2.39. The molecule has 1 aliphatic carbocycles. The van der Waals surface area contributed by atoms with Crippen LogP contribution in [-0.2, 0) is 4.79 Å². The summed E-state index contributed by atoms with van der Waals surface area (Å²) in [6.07, 6.45) is 2.42. The van der Waals surface area contributed by atoms with Crippen molar-refractivity contribution in [2.45, 2.75) is 19.8 Å². The molecule has 1 saturated carbocycles. The number of likely N-dealkylation sites (tertiary alicyclic amines) is 1. The predicted molar refractivity (Wildman–Crippen MR) is 47.6 cm³/mol. The van der Waals surface area contributed by atoms with Crippen molar-refractivity contribution in [2.75, 3.05) is 13.1 Å². The number of nitrogens with zero attached hydrogens (tertiary/aromatic N) is 2. The van der Waals surface area contributed by atoms with Crippen LogP contribution in [0.5, 0.6) is 0 Å². The van der Waals surface area contributed by atoms with Crippen LogP contribution in [0, 0.1) is 29.1 Å². The molecule has 0 aromatic heterocycles. The molecule has 1 heterocycles. The second kappa shape index (κ2) is 3.02. The average molecular weight is 178 g/mol. The summed E-state index contributed by atoms with van der Waals surface area (Å²) in [7, 11) is 0. The second-order valence-corrected chi connectivity index (χ2v) is 4.20. The lowest BCUT2D eigenvalue weighted by atomic mass is 9.97. The number of rotatable bonds is 2. The first-order valence-corrected chi connectivity index (χ1v) is 4.90. The van der Waals surface area contributed by atoms with E-state index < -0.39 is 0 Å². The third kappa shape index (κ3) is 1.53. The zero-order valence-electron chi connectivity index (χ0n) is 7.86. The highest BCUT2D eigenvalue weighted by molar-refractivity contribution is 5.80. The van der Waals surface area contributed by atoms with Crippen molar-refractivity contribution in [1.29, 1.82) is 5.26 Å². The Morgan fingerprint density at radius 3 is 2.62 bits per heavy atom. The van der Waals surface area contributed by atoms with Gasteiger partial charge in [-0.3, -0.25) is 4.79 Å². The molecule has 0 aromatic rings. The van der Waals surface area contributed by atoms with E-state index in [4.69, 9.17) is 5.26 Å². The van der Waals surface area contributed by atoms with Gasteiger partial charge in [0.15, 0.2) is 0 Å². The van der Waals surface area contributed by atoms with Gasteiger partial charge >= 0.3 is 0 Å². The smallest absolute Gasteiger partial charge is 0.225 e. The summed E-state index contributed by atoms with van der Waals surface area (Å²) >= 11 is 0. The zero-order chi connectivity index (χ0) is 9.42. The molecule has 13 heavy (non-hydrogen) atoms. The van der Waals surface area contributed by atoms with Gasteiger partial charge in [0.05, 0.1) is 12.0 Å². The maximum atomic E-state index is 11.7. The molecule has 70 valence electrons. The molecule has 0 bridgehead atoms. The van der Waals surface area contributed by atoms with Crippen LogP contribution in [-0.4, -0.2) is 23.9 Å². The molecule has 0 spiro atoms. The fraction of sp³-hybridized carbons (Fsp3) is 0.800. The quantitative estimate of drug-likeness (QED) is 0.633. The van der Waals surface area contributed by atoms with Gasteiger partial charge in [-0.25, -0.2) is 0 Å². The number of amides is 1. The predicted octanol–water partition coefficient (Wildman–Crippen LogP) is 1.01. The molecule has 3 nitrogen and oxygen atoms in total. The largest absolute Gasteiger partial charge is 0.340 e. The number of carbonyl (C=O) groups is 1. The van der Waals surface area contributed by atoms with Crippen molar-refractivity contribution in [3.8, 4) is 6.07 Å². The summed E-state index contributed by atoms with van der Waals surface area (Å²) in [5.74, 6) is 1.18. The number of carbonyl (C=O) groups excluding carboxylic acids is 1. The molecule has 0 N–H and O–H groups in total. The Bertz CT molecular complexity index is 259. The summed E-state index contributed by atoms with van der Waals surface area (Å²) in [6, 6.07) is 2.18. The molecule has 0 radical (unpaired) electrons. The van der Waals surface area contributed by atoms with E-state index in [1.165, 1.54) is 12.8 Å². The highest BCUT2D eigenvalue weighted by atomic mass is 16.2. The Labute approximate surface area is 78.3 Å². The van der Waals surface area contributed by atoms with E-state index in [-0.39, 0.29) is 17.7 Å². The van der Waals surface area contributed by atoms with Gasteiger partial charge in [0, 0.05) is 19.0 Å². The molecular formula is C10H14N2O. The van der Waals surface area contributed by atoms with Crippen molar-refractivity contribution in [1.82, 2.24) is 4.90 Å². The van der Waals surface area contributed by atoms with Crippen molar-refractivity contribution in [3.63, 3.8) is 0 Å². The van der Waals surface area contributed by atoms with Crippen LogP contribution in [0.1, 0.15) is 19.8 Å². The molecule has 2 aliphatic rings. The van der Waals surface area contributed by atoms with Gasteiger partial charge in [0.2, 0.25) is 5.91 Å². The van der Waals surface area contributed by atoms with E-state index in [1.54, 1.807) is 0 Å². The van der Waals surface area contributed by atoms with Gasteiger partial charge in [-0.2, -0.15) is 5.26 Å². The number of hydrogen-bond donors (Lipinski definition) is 0. The minimum Gasteiger partial charge on any atom is -0.340 e. The molecule has 0 aromatic carbocycles. The highest BCUT2D eigenvalue weighted by Crippen LogP contribution is 2.38. The van der Waals surface area contributed by atoms with Crippen LogP contribution in [0.4, 0.5) is 0 Å². The lowest BCUT2D eigenvalue weighted by Crippen LogP contribution is -2.51. The molecule has 3 heteroatoms. The fourth-order valence-corrected chi connectivity index (χ4v) is 1.83. The Hall–Kier alpha value is -1.04. The van der Waals surface area contributed by atoms with Crippen molar-refractivity contribution in [2.24, 2.45) is 17.8 Å². The molecule has 1 atom stereocenters. The lowest BCUT2D eigenvalue weighted by molar-refractivity contribution is -0.140. The van der Waals surface area contributed by atoms with Crippen LogP contribution >= 0.6 is 0 Å². The number of hydrogen-bond acceptors (Lipinski definition) is 2. The van der Waals surface area contributed by atoms with E-state index >= 15 is 0 Å². The van der Waals surface area contributed by atoms with Gasteiger partial charge in [0.1, 0.15) is 0 Å². The Morgan fingerprint density at radius 2 is 2.15 bits per heavy atom. The first-order valence-electron chi connectivity index (χ1n) is 4.90. The summed E-state index contributed by atoms with van der Waals surface area (Å²) in [6.45, 7) is 3.33. The normalized spacial score (nSPS) is 24.8. The Morgan fingerprint density at radius 1 is 1.54 bits per heavy atom. The van der Waals surface area contributed by atoms with Crippen LogP contribution in [0.15, 0.2) is 0 Å². The lowest BCUT2D eigenvalue weighted by Gasteiger charge is -2.37. The van der Waals surface area contributed by atoms with E-state index in [0.29, 0.717) is 19.0 Å². The molecule has 1 unspecified atom stereocenters. The standard InChI is InChI=1S/C10H14N2O/c1-7(9-2-3-9)10(13)12-5-8(4-11)6-12/h7-9H,2-3,5-6H2,1H3. The van der Waals surface area contributed by atoms with E-state index in [2.05, 4.69) is 6.07 Å².